The average molecular weight is 299 g/mol. The number of ether oxygens (including phenoxy) is 2. The highest BCUT2D eigenvalue weighted by Gasteiger charge is 2.10. The van der Waals surface area contributed by atoms with Crippen LogP contribution in [0.2, 0.25) is 0 Å². The van der Waals surface area contributed by atoms with Crippen molar-refractivity contribution in [3.63, 3.8) is 0 Å². The van der Waals surface area contributed by atoms with Crippen LogP contribution >= 0.6 is 0 Å². The normalized spacial score (nSPS) is 11.1. The van der Waals surface area contributed by atoms with Crippen LogP contribution in [0.1, 0.15) is 19.7 Å². The van der Waals surface area contributed by atoms with Crippen molar-refractivity contribution >= 4 is 11.0 Å². The summed E-state index contributed by atoms with van der Waals surface area (Å²) in [4.78, 5) is 12.8. The van der Waals surface area contributed by atoms with E-state index >= 15 is 0 Å². The Morgan fingerprint density at radius 3 is 2.77 bits per heavy atom. The molecule has 0 saturated heterocycles. The summed E-state index contributed by atoms with van der Waals surface area (Å²) in [5.41, 5.74) is 0.646. The molecule has 3 aromatic heterocycles. The molecule has 7 nitrogen and oxygen atoms in total. The molecule has 7 heteroatoms. The largest absolute Gasteiger partial charge is 0.477 e. The van der Waals surface area contributed by atoms with Crippen molar-refractivity contribution in [1.29, 1.82) is 0 Å². The summed E-state index contributed by atoms with van der Waals surface area (Å²) < 4.78 is 11.3. The van der Waals surface area contributed by atoms with Gasteiger partial charge in [0, 0.05) is 6.07 Å². The Bertz CT molecular complexity index is 767. The lowest BCUT2D eigenvalue weighted by Gasteiger charge is -2.09. The average Bonchev–Trinajstić information content (AvgIpc) is 2.94. The SMILES string of the molecule is Cc1nc(Oc2ccc(OCC(C)C)nc2)c2cn[nH]c2n1. The number of H-pyrrole nitrogens is 1. The molecule has 0 amide bonds. The molecule has 3 heterocycles. The number of hydrogen-bond acceptors (Lipinski definition) is 6. The Labute approximate surface area is 127 Å². The molecule has 0 fully saturated rings. The zero-order valence-electron chi connectivity index (χ0n) is 12.7. The Morgan fingerprint density at radius 2 is 2.05 bits per heavy atom. The number of hydrogen-bond donors (Lipinski definition) is 1. The molecule has 0 aliphatic heterocycles. The topological polar surface area (TPSA) is 85.8 Å². The molecule has 3 aromatic rings. The van der Waals surface area contributed by atoms with E-state index in [1.807, 2.05) is 0 Å². The maximum Gasteiger partial charge on any atom is 0.233 e. The molecule has 22 heavy (non-hydrogen) atoms. The standard InChI is InChI=1S/C15H17N5O2/c1-9(2)8-21-13-5-4-11(6-16-13)22-15-12-7-17-20-14(12)18-10(3)19-15/h4-7,9H,8H2,1-3H3,(H,17,18,19,20). The molecule has 0 aromatic carbocycles. The van der Waals surface area contributed by atoms with E-state index in [0.29, 0.717) is 41.5 Å². The van der Waals surface area contributed by atoms with E-state index in [1.165, 1.54) is 0 Å². The first-order valence-electron chi connectivity index (χ1n) is 7.06. The Morgan fingerprint density at radius 1 is 1.18 bits per heavy atom. The molecule has 114 valence electrons. The number of aryl methyl sites for hydroxylation is 1. The van der Waals surface area contributed by atoms with Gasteiger partial charge in [-0.15, -0.1) is 0 Å². The summed E-state index contributed by atoms with van der Waals surface area (Å²) in [5, 5.41) is 7.49. The Hall–Kier alpha value is -2.70. The van der Waals surface area contributed by atoms with Gasteiger partial charge in [0.25, 0.3) is 0 Å². The predicted molar refractivity (Wildman–Crippen MR) is 81.1 cm³/mol. The molecule has 3 rings (SSSR count). The zero-order valence-corrected chi connectivity index (χ0v) is 12.7. The third-order valence-corrected chi connectivity index (χ3v) is 2.87. The van der Waals surface area contributed by atoms with Crippen molar-refractivity contribution in [2.75, 3.05) is 6.61 Å². The Kier molecular flexibility index (Phi) is 3.86. The maximum absolute atomic E-state index is 5.78. The second-order valence-electron chi connectivity index (χ2n) is 5.35. The van der Waals surface area contributed by atoms with Crippen LogP contribution in [-0.2, 0) is 0 Å². The second kappa shape index (κ2) is 5.97. The Balaban J connectivity index is 1.78. The molecule has 0 saturated carbocycles. The summed E-state index contributed by atoms with van der Waals surface area (Å²) >= 11 is 0. The number of aromatic nitrogens is 5. The van der Waals surface area contributed by atoms with E-state index in [-0.39, 0.29) is 0 Å². The number of aromatic amines is 1. The maximum atomic E-state index is 5.78. The zero-order chi connectivity index (χ0) is 15.5. The first kappa shape index (κ1) is 14.2. The van der Waals surface area contributed by atoms with E-state index in [1.54, 1.807) is 31.5 Å². The van der Waals surface area contributed by atoms with Gasteiger partial charge in [0.05, 0.1) is 19.0 Å². The number of nitrogens with zero attached hydrogens (tertiary/aromatic N) is 4. The fourth-order valence-electron chi connectivity index (χ4n) is 1.87. The van der Waals surface area contributed by atoms with Gasteiger partial charge >= 0.3 is 0 Å². The summed E-state index contributed by atoms with van der Waals surface area (Å²) in [6.45, 7) is 6.61. The molecular weight excluding hydrogens is 282 g/mol. The molecule has 0 unspecified atom stereocenters. The van der Waals surface area contributed by atoms with Crippen LogP contribution in [0.3, 0.4) is 0 Å². The summed E-state index contributed by atoms with van der Waals surface area (Å²) in [5.74, 6) is 2.67. The highest BCUT2D eigenvalue weighted by Crippen LogP contribution is 2.26. The number of nitrogens with one attached hydrogen (secondary N) is 1. The minimum Gasteiger partial charge on any atom is -0.477 e. The summed E-state index contributed by atoms with van der Waals surface area (Å²) in [7, 11) is 0. The fraction of sp³-hybridized carbons (Fsp3) is 0.333. The van der Waals surface area contributed by atoms with Gasteiger partial charge in [-0.05, 0) is 18.9 Å². The molecule has 1 N–H and O–H groups in total. The van der Waals surface area contributed by atoms with Gasteiger partial charge in [0.2, 0.25) is 11.8 Å². The fourth-order valence-corrected chi connectivity index (χ4v) is 1.87. The van der Waals surface area contributed by atoms with E-state index in [9.17, 15) is 0 Å². The van der Waals surface area contributed by atoms with E-state index in [0.717, 1.165) is 5.39 Å². The van der Waals surface area contributed by atoms with Crippen molar-refractivity contribution in [2.45, 2.75) is 20.8 Å². The highest BCUT2D eigenvalue weighted by molar-refractivity contribution is 5.79. The van der Waals surface area contributed by atoms with Crippen LogP contribution in [0.5, 0.6) is 17.5 Å². The molecular formula is C15H17N5O2. The van der Waals surface area contributed by atoms with Gasteiger partial charge in [-0.2, -0.15) is 10.1 Å². The van der Waals surface area contributed by atoms with E-state index < -0.39 is 0 Å². The minimum atomic E-state index is 0.453. The van der Waals surface area contributed by atoms with Gasteiger partial charge in [-0.3, -0.25) is 5.10 Å². The quantitative estimate of drug-likeness (QED) is 0.779. The number of rotatable bonds is 5. The summed E-state index contributed by atoms with van der Waals surface area (Å²) in [6, 6.07) is 3.57. The van der Waals surface area contributed by atoms with Gasteiger partial charge in [0.15, 0.2) is 5.65 Å². The van der Waals surface area contributed by atoms with Crippen LogP contribution in [0.15, 0.2) is 24.5 Å². The van der Waals surface area contributed by atoms with Gasteiger partial charge < -0.3 is 9.47 Å². The van der Waals surface area contributed by atoms with Crippen molar-refractivity contribution in [1.82, 2.24) is 25.1 Å². The number of fused-ring (bicyclic) bond motifs is 1. The lowest BCUT2D eigenvalue weighted by atomic mass is 10.2. The highest BCUT2D eigenvalue weighted by atomic mass is 16.5. The first-order valence-corrected chi connectivity index (χ1v) is 7.06. The lowest BCUT2D eigenvalue weighted by Crippen LogP contribution is -2.05. The van der Waals surface area contributed by atoms with Gasteiger partial charge in [-0.1, -0.05) is 13.8 Å². The van der Waals surface area contributed by atoms with Crippen molar-refractivity contribution in [2.24, 2.45) is 5.92 Å². The van der Waals surface area contributed by atoms with Gasteiger partial charge in [-0.25, -0.2) is 9.97 Å². The monoisotopic (exact) mass is 299 g/mol. The molecule has 0 aliphatic carbocycles. The van der Waals surface area contributed by atoms with Crippen LogP contribution in [-0.4, -0.2) is 31.8 Å². The van der Waals surface area contributed by atoms with E-state index in [2.05, 4.69) is 39.0 Å². The molecule has 0 bridgehead atoms. The molecule has 0 aliphatic rings. The number of pyridine rings is 1. The van der Waals surface area contributed by atoms with E-state index in [4.69, 9.17) is 9.47 Å². The van der Waals surface area contributed by atoms with Gasteiger partial charge in [0.1, 0.15) is 17.0 Å². The third-order valence-electron chi connectivity index (χ3n) is 2.87. The van der Waals surface area contributed by atoms with Crippen molar-refractivity contribution in [3.8, 4) is 17.5 Å². The smallest absolute Gasteiger partial charge is 0.233 e. The third kappa shape index (κ3) is 3.13. The lowest BCUT2D eigenvalue weighted by molar-refractivity contribution is 0.261. The first-order chi connectivity index (χ1) is 10.6. The van der Waals surface area contributed by atoms with Crippen LogP contribution < -0.4 is 9.47 Å². The van der Waals surface area contributed by atoms with Crippen molar-refractivity contribution in [3.05, 3.63) is 30.4 Å². The van der Waals surface area contributed by atoms with Crippen molar-refractivity contribution < 1.29 is 9.47 Å². The molecule has 0 spiro atoms. The summed E-state index contributed by atoms with van der Waals surface area (Å²) in [6.07, 6.45) is 3.25. The molecule has 0 radical (unpaired) electrons. The van der Waals surface area contributed by atoms with Crippen LogP contribution in [0.4, 0.5) is 0 Å². The minimum absolute atomic E-state index is 0.453. The second-order valence-corrected chi connectivity index (χ2v) is 5.35. The van der Waals surface area contributed by atoms with Crippen LogP contribution in [0, 0.1) is 12.8 Å². The molecule has 0 atom stereocenters. The predicted octanol–water partition coefficient (Wildman–Crippen LogP) is 2.88. The van der Waals surface area contributed by atoms with Crippen LogP contribution in [0.25, 0.3) is 11.0 Å².